The van der Waals surface area contributed by atoms with Gasteiger partial charge in [0.05, 0.1) is 39.5 Å². The van der Waals surface area contributed by atoms with Gasteiger partial charge in [0.15, 0.2) is 0 Å². The van der Waals surface area contributed by atoms with Crippen LogP contribution in [0.2, 0.25) is 0 Å². The smallest absolute Gasteiger partial charge is 0.315 e. The van der Waals surface area contributed by atoms with E-state index in [4.69, 9.17) is 24.2 Å². The van der Waals surface area contributed by atoms with Crippen molar-refractivity contribution in [1.29, 1.82) is 0 Å². The second kappa shape index (κ2) is 15.3. The van der Waals surface area contributed by atoms with Gasteiger partial charge in [-0.2, -0.15) is 0 Å². The van der Waals surface area contributed by atoms with Crippen LogP contribution in [0.25, 0.3) is 21.8 Å². The molecule has 0 fully saturated rings. The van der Waals surface area contributed by atoms with Crippen LogP contribution in [0.1, 0.15) is 35.0 Å². The quantitative estimate of drug-likeness (QED) is 0.0890. The third kappa shape index (κ3) is 7.33. The molecule has 2 aromatic heterocycles. The summed E-state index contributed by atoms with van der Waals surface area (Å²) in [5.41, 5.74) is 6.64. The molecule has 0 unspecified atom stereocenters. The maximum absolute atomic E-state index is 12.8. The van der Waals surface area contributed by atoms with Crippen molar-refractivity contribution in [1.82, 2.24) is 9.97 Å². The number of benzene rings is 5. The molecule has 0 radical (unpaired) electrons. The largest absolute Gasteiger partial charge is 0.487 e. The maximum atomic E-state index is 12.8. The Hall–Kier alpha value is -5.66. The number of fused-ring (bicyclic) bond motifs is 2. The highest BCUT2D eigenvalue weighted by molar-refractivity contribution is 8.01. The second-order valence-electron chi connectivity index (χ2n) is 11.8. The summed E-state index contributed by atoms with van der Waals surface area (Å²) in [7, 11) is 0. The molecule has 7 aromatic rings. The number of hydrogen-bond donors (Lipinski definition) is 0. The minimum atomic E-state index is -0.731. The highest BCUT2D eigenvalue weighted by Gasteiger charge is 2.38. The van der Waals surface area contributed by atoms with E-state index in [-0.39, 0.29) is 11.7 Å². The molecule has 6 nitrogen and oxygen atoms in total. The summed E-state index contributed by atoms with van der Waals surface area (Å²) in [4.78, 5) is 22.3. The van der Waals surface area contributed by atoms with Crippen LogP contribution < -0.4 is 9.47 Å². The Bertz CT molecular complexity index is 2080. The van der Waals surface area contributed by atoms with Crippen LogP contribution in [-0.4, -0.2) is 28.3 Å². The minimum absolute atomic E-state index is 0.167. The molecular weight excluding hydrogens is 641 g/mol. The van der Waals surface area contributed by atoms with Crippen LogP contribution in [0.15, 0.2) is 152 Å². The van der Waals surface area contributed by atoms with E-state index in [1.165, 1.54) is 11.8 Å². The zero-order valence-electron chi connectivity index (χ0n) is 27.7. The first-order chi connectivity index (χ1) is 24.6. The third-order valence-corrected chi connectivity index (χ3v) is 10.0. The molecule has 0 aliphatic carbocycles. The van der Waals surface area contributed by atoms with E-state index in [1.807, 2.05) is 97.9 Å². The van der Waals surface area contributed by atoms with E-state index in [2.05, 4.69) is 60.7 Å². The van der Waals surface area contributed by atoms with Crippen molar-refractivity contribution in [3.8, 4) is 11.5 Å². The molecule has 0 amide bonds. The summed E-state index contributed by atoms with van der Waals surface area (Å²) in [6.07, 6.45) is 0. The van der Waals surface area contributed by atoms with Crippen LogP contribution in [-0.2, 0) is 27.5 Å². The van der Waals surface area contributed by atoms with E-state index >= 15 is 0 Å². The summed E-state index contributed by atoms with van der Waals surface area (Å²) in [5, 5.41) is 2.19. The average molecular weight is 677 g/mol. The number of ether oxygens (including phenoxy) is 3. The van der Waals surface area contributed by atoms with Gasteiger partial charge >= 0.3 is 5.97 Å². The van der Waals surface area contributed by atoms with Gasteiger partial charge in [-0.05, 0) is 72.1 Å². The van der Waals surface area contributed by atoms with Crippen molar-refractivity contribution in [3.05, 3.63) is 180 Å². The number of para-hydroxylation sites is 2. The summed E-state index contributed by atoms with van der Waals surface area (Å²) in [5.74, 6) is 1.36. The van der Waals surface area contributed by atoms with Gasteiger partial charge in [0.2, 0.25) is 0 Å². The molecule has 0 aliphatic heterocycles. The number of pyridine rings is 2. The first-order valence-electron chi connectivity index (χ1n) is 16.6. The van der Waals surface area contributed by atoms with Gasteiger partial charge in [0.1, 0.15) is 24.7 Å². The fourth-order valence-corrected chi connectivity index (χ4v) is 7.38. The lowest BCUT2D eigenvalue weighted by molar-refractivity contribution is -0.139. The Labute approximate surface area is 296 Å². The number of thioether (sulfide) groups is 1. The van der Waals surface area contributed by atoms with Crippen LogP contribution in [0.5, 0.6) is 11.5 Å². The lowest BCUT2D eigenvalue weighted by Gasteiger charge is -2.35. The van der Waals surface area contributed by atoms with Crippen LogP contribution in [0.3, 0.4) is 0 Å². The van der Waals surface area contributed by atoms with Gasteiger partial charge in [-0.15, -0.1) is 11.8 Å². The van der Waals surface area contributed by atoms with Gasteiger partial charge < -0.3 is 14.2 Å². The third-order valence-electron chi connectivity index (χ3n) is 8.50. The van der Waals surface area contributed by atoms with E-state index in [9.17, 15) is 4.79 Å². The van der Waals surface area contributed by atoms with Gasteiger partial charge in [-0.3, -0.25) is 4.79 Å². The zero-order valence-corrected chi connectivity index (χ0v) is 28.5. The monoisotopic (exact) mass is 676 g/mol. The van der Waals surface area contributed by atoms with E-state index in [1.54, 1.807) is 0 Å². The molecule has 5 aromatic carbocycles. The Kier molecular flexibility index (Phi) is 10.0. The highest BCUT2D eigenvalue weighted by Crippen LogP contribution is 2.49. The molecule has 0 N–H and O–H groups in total. The predicted molar refractivity (Wildman–Crippen MR) is 200 cm³/mol. The number of nitrogens with zero attached hydrogens (tertiary/aromatic N) is 2. The SMILES string of the molecule is CCOC(=O)CSC(c1ccccc1)(c1ccc(OCc2ccc3ccccc3n2)cc1)c1ccc(OCc2ccc3ccccc3n2)cc1. The molecule has 0 spiro atoms. The second-order valence-corrected chi connectivity index (χ2v) is 12.9. The van der Waals surface area contributed by atoms with Crippen molar-refractivity contribution in [2.75, 3.05) is 12.4 Å². The lowest BCUT2D eigenvalue weighted by Crippen LogP contribution is -2.27. The predicted octanol–water partition coefficient (Wildman–Crippen LogP) is 9.53. The van der Waals surface area contributed by atoms with Gasteiger partial charge in [0, 0.05) is 10.8 Å². The number of esters is 1. The van der Waals surface area contributed by atoms with Crippen LogP contribution in [0, 0.1) is 0 Å². The van der Waals surface area contributed by atoms with Crippen molar-refractivity contribution in [2.24, 2.45) is 0 Å². The van der Waals surface area contributed by atoms with Crippen LogP contribution in [0.4, 0.5) is 0 Å². The first-order valence-corrected chi connectivity index (χ1v) is 17.6. The summed E-state index contributed by atoms with van der Waals surface area (Å²) in [6.45, 7) is 2.85. The summed E-state index contributed by atoms with van der Waals surface area (Å²) < 4.78 is 17.0. The van der Waals surface area contributed by atoms with Gasteiger partial charge in [-0.25, -0.2) is 9.97 Å². The number of carbonyl (C=O) groups is 1. The molecule has 7 rings (SSSR count). The molecule has 0 saturated carbocycles. The molecular formula is C43H36N2O4S. The molecule has 0 atom stereocenters. The highest BCUT2D eigenvalue weighted by atomic mass is 32.2. The topological polar surface area (TPSA) is 70.5 Å². The standard InChI is InChI=1S/C43H36N2O4S/c1-2-47-42(46)30-50-43(33-12-4-3-5-13-33,34-18-24-38(25-19-34)48-28-36-22-16-31-10-6-8-14-40(31)44-36)35-20-26-39(27-21-35)49-29-37-23-17-32-11-7-9-15-41(32)45-37/h3-27H,2,28-30H2,1H3. The lowest BCUT2D eigenvalue weighted by atomic mass is 9.84. The van der Waals surface area contributed by atoms with Crippen molar-refractivity contribution in [2.45, 2.75) is 24.9 Å². The van der Waals surface area contributed by atoms with Crippen molar-refractivity contribution < 1.29 is 19.0 Å². The number of aromatic nitrogens is 2. The number of hydrogen-bond acceptors (Lipinski definition) is 7. The Morgan fingerprint density at radius 2 is 1.02 bits per heavy atom. The van der Waals surface area contributed by atoms with E-state index in [0.29, 0.717) is 19.8 Å². The average Bonchev–Trinajstić information content (AvgIpc) is 3.17. The molecule has 2 heterocycles. The molecule has 50 heavy (non-hydrogen) atoms. The maximum Gasteiger partial charge on any atom is 0.315 e. The van der Waals surface area contributed by atoms with Crippen molar-refractivity contribution >= 4 is 39.5 Å². The zero-order chi connectivity index (χ0) is 34.2. The Balaban J connectivity index is 1.17. The molecule has 0 aliphatic rings. The molecule has 0 bridgehead atoms. The molecule has 0 saturated heterocycles. The molecule has 7 heteroatoms. The fourth-order valence-electron chi connectivity index (χ4n) is 6.06. The van der Waals surface area contributed by atoms with Gasteiger partial charge in [-0.1, -0.05) is 103 Å². The fraction of sp³-hybridized carbons (Fsp3) is 0.140. The minimum Gasteiger partial charge on any atom is -0.487 e. The first kappa shape index (κ1) is 32.9. The molecule has 248 valence electrons. The van der Waals surface area contributed by atoms with Crippen LogP contribution >= 0.6 is 11.8 Å². The summed E-state index contributed by atoms with van der Waals surface area (Å²) >= 11 is 1.53. The van der Waals surface area contributed by atoms with E-state index in [0.717, 1.165) is 61.4 Å². The Morgan fingerprint density at radius 1 is 0.560 bits per heavy atom. The number of rotatable bonds is 13. The van der Waals surface area contributed by atoms with Gasteiger partial charge in [0.25, 0.3) is 0 Å². The normalized spacial score (nSPS) is 11.4. The number of carbonyl (C=O) groups excluding carboxylic acids is 1. The van der Waals surface area contributed by atoms with E-state index < -0.39 is 4.75 Å². The Morgan fingerprint density at radius 3 is 1.52 bits per heavy atom. The summed E-state index contributed by atoms with van der Waals surface area (Å²) in [6, 6.07) is 50.7. The van der Waals surface area contributed by atoms with Crippen molar-refractivity contribution in [3.63, 3.8) is 0 Å².